The number of benzene rings is 2. The molecule has 0 spiro atoms. The third-order valence-corrected chi connectivity index (χ3v) is 8.53. The summed E-state index contributed by atoms with van der Waals surface area (Å²) in [7, 11) is -3.63. The third kappa shape index (κ3) is 4.06. The normalized spacial score (nSPS) is 15.5. The van der Waals surface area contributed by atoms with Crippen molar-refractivity contribution in [1.82, 2.24) is 4.98 Å². The molecule has 1 saturated heterocycles. The van der Waals surface area contributed by atoms with Gasteiger partial charge in [0, 0.05) is 24.0 Å². The van der Waals surface area contributed by atoms with Crippen LogP contribution in [0.15, 0.2) is 46.7 Å². The Labute approximate surface area is 180 Å². The minimum Gasteiger partial charge on any atom is -0.348 e. The first-order valence-corrected chi connectivity index (χ1v) is 11.9. The van der Waals surface area contributed by atoms with Crippen LogP contribution in [0.2, 0.25) is 5.02 Å². The number of aromatic nitrogens is 1. The first kappa shape index (κ1) is 21.1. The standard InChI is InChI=1S/C20H16ClF3N2O2S2/c21-15-10-14(2-4-16(15)22)30(27,28)13-5-7-26(8-6-13)20-25-19(11-29-20)12-1-3-17(23)18(24)9-12/h1-4,9-11,13H,5-8H2. The molecule has 1 aromatic heterocycles. The molecule has 4 rings (SSSR count). The van der Waals surface area contributed by atoms with E-state index in [-0.39, 0.29) is 9.92 Å². The van der Waals surface area contributed by atoms with Gasteiger partial charge in [-0.15, -0.1) is 11.3 Å². The molecule has 1 aliphatic heterocycles. The van der Waals surface area contributed by atoms with Crippen molar-refractivity contribution >= 4 is 37.9 Å². The fraction of sp³-hybridized carbons (Fsp3) is 0.250. The molecule has 1 fully saturated rings. The Morgan fingerprint density at radius 3 is 2.37 bits per heavy atom. The van der Waals surface area contributed by atoms with E-state index < -0.39 is 32.5 Å². The summed E-state index contributed by atoms with van der Waals surface area (Å²) in [5, 5.41) is 1.63. The zero-order chi connectivity index (χ0) is 21.5. The van der Waals surface area contributed by atoms with Gasteiger partial charge in [0.2, 0.25) is 0 Å². The minimum atomic E-state index is -3.63. The SMILES string of the molecule is O=S(=O)(c1ccc(F)c(Cl)c1)C1CCN(c2nc(-c3ccc(F)c(F)c3)cs2)CC1. The molecule has 3 aromatic rings. The van der Waals surface area contributed by atoms with E-state index in [2.05, 4.69) is 4.98 Å². The monoisotopic (exact) mass is 472 g/mol. The fourth-order valence-electron chi connectivity index (χ4n) is 3.40. The Morgan fingerprint density at radius 1 is 1.00 bits per heavy atom. The molecule has 0 amide bonds. The molecule has 0 radical (unpaired) electrons. The van der Waals surface area contributed by atoms with Crippen LogP contribution < -0.4 is 4.90 Å². The van der Waals surface area contributed by atoms with Gasteiger partial charge in [-0.2, -0.15) is 0 Å². The second-order valence-corrected chi connectivity index (χ2v) is 10.4. The highest BCUT2D eigenvalue weighted by Crippen LogP contribution is 2.32. The van der Waals surface area contributed by atoms with Crippen molar-refractivity contribution in [3.05, 3.63) is 64.3 Å². The van der Waals surface area contributed by atoms with Crippen LogP contribution in [-0.4, -0.2) is 31.7 Å². The summed E-state index contributed by atoms with van der Waals surface area (Å²) in [5.41, 5.74) is 1.01. The van der Waals surface area contributed by atoms with Gasteiger partial charge in [-0.25, -0.2) is 26.6 Å². The van der Waals surface area contributed by atoms with Crippen molar-refractivity contribution in [3.63, 3.8) is 0 Å². The van der Waals surface area contributed by atoms with Gasteiger partial charge in [-0.05, 0) is 49.2 Å². The van der Waals surface area contributed by atoms with E-state index in [9.17, 15) is 21.6 Å². The Kier molecular flexibility index (Phi) is 5.78. The van der Waals surface area contributed by atoms with Gasteiger partial charge < -0.3 is 4.90 Å². The van der Waals surface area contributed by atoms with Crippen LogP contribution in [0.3, 0.4) is 0 Å². The Balaban J connectivity index is 1.46. The molecule has 0 unspecified atom stereocenters. The van der Waals surface area contributed by atoms with E-state index in [1.165, 1.54) is 23.5 Å². The average molecular weight is 473 g/mol. The van der Waals surface area contributed by atoms with Crippen molar-refractivity contribution in [3.8, 4) is 11.3 Å². The van der Waals surface area contributed by atoms with Gasteiger partial charge in [-0.3, -0.25) is 0 Å². The summed E-state index contributed by atoms with van der Waals surface area (Å²) in [4.78, 5) is 6.47. The largest absolute Gasteiger partial charge is 0.348 e. The third-order valence-electron chi connectivity index (χ3n) is 5.08. The maximum Gasteiger partial charge on any atom is 0.185 e. The lowest BCUT2D eigenvalue weighted by atomic mass is 10.1. The van der Waals surface area contributed by atoms with Gasteiger partial charge in [0.1, 0.15) is 5.82 Å². The number of halogens is 4. The van der Waals surface area contributed by atoms with Gasteiger partial charge in [0.25, 0.3) is 0 Å². The van der Waals surface area contributed by atoms with Crippen molar-refractivity contribution < 1.29 is 21.6 Å². The fourth-order valence-corrected chi connectivity index (χ4v) is 6.29. The highest BCUT2D eigenvalue weighted by molar-refractivity contribution is 7.92. The predicted molar refractivity (Wildman–Crippen MR) is 111 cm³/mol. The van der Waals surface area contributed by atoms with E-state index in [0.717, 1.165) is 24.3 Å². The summed E-state index contributed by atoms with van der Waals surface area (Å²) < 4.78 is 65.7. The summed E-state index contributed by atoms with van der Waals surface area (Å²) in [5.74, 6) is -2.51. The molecule has 4 nitrogen and oxygen atoms in total. The molecule has 30 heavy (non-hydrogen) atoms. The molecule has 158 valence electrons. The molecular formula is C20H16ClF3N2O2S2. The summed E-state index contributed by atoms with van der Waals surface area (Å²) in [6.45, 7) is 0.951. The minimum absolute atomic E-state index is 0.0159. The average Bonchev–Trinajstić information content (AvgIpc) is 3.22. The maximum absolute atomic E-state index is 13.5. The van der Waals surface area contributed by atoms with Crippen LogP contribution in [0.5, 0.6) is 0 Å². The van der Waals surface area contributed by atoms with E-state index in [0.29, 0.717) is 42.3 Å². The second-order valence-electron chi connectivity index (χ2n) is 6.95. The highest BCUT2D eigenvalue weighted by atomic mass is 35.5. The van der Waals surface area contributed by atoms with Gasteiger partial charge in [0.05, 0.1) is 20.9 Å². The highest BCUT2D eigenvalue weighted by Gasteiger charge is 2.32. The quantitative estimate of drug-likeness (QED) is 0.482. The molecule has 2 heterocycles. The summed E-state index contributed by atoms with van der Waals surface area (Å²) >= 11 is 7.09. The van der Waals surface area contributed by atoms with Crippen LogP contribution in [0.4, 0.5) is 18.3 Å². The number of thiazole rings is 1. The molecule has 0 saturated carbocycles. The maximum atomic E-state index is 13.5. The van der Waals surface area contributed by atoms with Crippen LogP contribution in [0.1, 0.15) is 12.8 Å². The van der Waals surface area contributed by atoms with Crippen LogP contribution >= 0.6 is 22.9 Å². The summed E-state index contributed by atoms with van der Waals surface area (Å²) in [6.07, 6.45) is 0.773. The van der Waals surface area contributed by atoms with E-state index >= 15 is 0 Å². The molecule has 10 heteroatoms. The van der Waals surface area contributed by atoms with Gasteiger partial charge >= 0.3 is 0 Å². The van der Waals surface area contributed by atoms with Crippen molar-refractivity contribution in [2.24, 2.45) is 0 Å². The number of hydrogen-bond donors (Lipinski definition) is 0. The number of piperidine rings is 1. The van der Waals surface area contributed by atoms with E-state index in [4.69, 9.17) is 11.6 Å². The molecule has 2 aromatic carbocycles. The van der Waals surface area contributed by atoms with E-state index in [1.54, 1.807) is 5.38 Å². The van der Waals surface area contributed by atoms with Crippen LogP contribution in [0.25, 0.3) is 11.3 Å². The molecule has 0 atom stereocenters. The smallest absolute Gasteiger partial charge is 0.185 e. The molecular weight excluding hydrogens is 457 g/mol. The Hall–Kier alpha value is -2.10. The Bertz CT molecular complexity index is 1190. The van der Waals surface area contributed by atoms with Crippen LogP contribution in [0, 0.1) is 17.5 Å². The Morgan fingerprint density at radius 2 is 1.70 bits per heavy atom. The molecule has 0 bridgehead atoms. The molecule has 0 aliphatic carbocycles. The number of rotatable bonds is 4. The van der Waals surface area contributed by atoms with Crippen molar-refractivity contribution in [2.75, 3.05) is 18.0 Å². The predicted octanol–water partition coefficient (Wildman–Crippen LogP) is 5.32. The second kappa shape index (κ2) is 8.20. The molecule has 0 N–H and O–H groups in total. The topological polar surface area (TPSA) is 50.3 Å². The first-order valence-electron chi connectivity index (χ1n) is 9.10. The van der Waals surface area contributed by atoms with E-state index in [1.807, 2.05) is 4.90 Å². The number of hydrogen-bond acceptors (Lipinski definition) is 5. The van der Waals surface area contributed by atoms with Gasteiger partial charge in [-0.1, -0.05) is 11.6 Å². The van der Waals surface area contributed by atoms with Gasteiger partial charge in [0.15, 0.2) is 26.6 Å². The lowest BCUT2D eigenvalue weighted by Crippen LogP contribution is -2.39. The lowest BCUT2D eigenvalue weighted by molar-refractivity contribution is 0.509. The van der Waals surface area contributed by atoms with Crippen molar-refractivity contribution in [2.45, 2.75) is 23.0 Å². The summed E-state index contributed by atoms with van der Waals surface area (Å²) in [6, 6.07) is 7.05. The van der Waals surface area contributed by atoms with Crippen LogP contribution in [-0.2, 0) is 9.84 Å². The number of nitrogens with zero attached hydrogens (tertiary/aromatic N) is 2. The van der Waals surface area contributed by atoms with Crippen molar-refractivity contribution in [1.29, 1.82) is 0 Å². The zero-order valence-electron chi connectivity index (χ0n) is 15.5. The molecule has 1 aliphatic rings. The number of anilines is 1. The first-order chi connectivity index (χ1) is 14.3. The number of sulfone groups is 1. The lowest BCUT2D eigenvalue weighted by Gasteiger charge is -2.31. The zero-order valence-corrected chi connectivity index (χ0v) is 17.9.